The molecule has 0 N–H and O–H groups in total. The van der Waals surface area contributed by atoms with E-state index in [1.807, 2.05) is 12.1 Å². The normalized spacial score (nSPS) is 22.8. The first-order chi connectivity index (χ1) is 16.8. The smallest absolute Gasteiger partial charge is 0.135 e. The van der Waals surface area contributed by atoms with Gasteiger partial charge >= 0.3 is 0 Å². The van der Waals surface area contributed by atoms with Crippen molar-refractivity contribution in [2.24, 2.45) is 0 Å². The summed E-state index contributed by atoms with van der Waals surface area (Å²) in [6.07, 6.45) is 2.28. The van der Waals surface area contributed by atoms with Gasteiger partial charge in [-0.15, -0.1) is 0 Å². The molecule has 0 aliphatic carbocycles. The maximum atomic E-state index is 11.7. The number of hydrogen-bond acceptors (Lipinski definition) is 6. The number of methoxy groups -OCH3 is 1. The van der Waals surface area contributed by atoms with Gasteiger partial charge in [0, 0.05) is 82.0 Å². The molecule has 0 spiro atoms. The van der Waals surface area contributed by atoms with Gasteiger partial charge < -0.3 is 19.3 Å². The van der Waals surface area contributed by atoms with Gasteiger partial charge in [-0.25, -0.2) is 0 Å². The number of anilines is 2. The highest BCUT2D eigenvalue weighted by atomic mass is 16.5. The Bertz CT molecular complexity index is 1100. The molecular weight excluding hydrogens is 438 g/mol. The first kappa shape index (κ1) is 24.0. The molecule has 6 heteroatoms. The van der Waals surface area contributed by atoms with E-state index in [9.17, 15) is 4.79 Å². The Morgan fingerprint density at radius 1 is 0.886 bits per heavy atom. The van der Waals surface area contributed by atoms with Gasteiger partial charge in [0.15, 0.2) is 0 Å². The van der Waals surface area contributed by atoms with Crippen LogP contribution in [0.1, 0.15) is 42.0 Å². The van der Waals surface area contributed by atoms with Crippen LogP contribution in [0.4, 0.5) is 11.4 Å². The van der Waals surface area contributed by atoms with Crippen molar-refractivity contribution in [1.82, 2.24) is 4.90 Å². The van der Waals surface area contributed by atoms with E-state index in [0.717, 1.165) is 63.7 Å². The largest absolute Gasteiger partial charge is 0.497 e. The summed E-state index contributed by atoms with van der Waals surface area (Å²) in [6.45, 7) is 15.6. The molecule has 2 aromatic carbocycles. The summed E-state index contributed by atoms with van der Waals surface area (Å²) < 4.78 is 12.0. The van der Waals surface area contributed by atoms with E-state index < -0.39 is 0 Å². The molecule has 2 fully saturated rings. The molecule has 188 valence electrons. The average Bonchev–Trinajstić information content (AvgIpc) is 3.22. The Balaban J connectivity index is 1.32. The number of piperazine rings is 1. The predicted molar refractivity (Wildman–Crippen MR) is 141 cm³/mol. The molecule has 5 rings (SSSR count). The standard InChI is InChI=1S/C29H39N3O3/c1-20-21(2)28-26(18-29(4,35-28)19-30-12-10-24(33)11-13-30)22(3)27(20)32-16-14-31(15-17-32)23-6-8-25(34-5)9-7-23/h6-9H,10-19H2,1-5H3. The lowest BCUT2D eigenvalue weighted by Gasteiger charge is -2.39. The summed E-state index contributed by atoms with van der Waals surface area (Å²) in [6, 6.07) is 8.39. The molecule has 2 aromatic rings. The van der Waals surface area contributed by atoms with Crippen LogP contribution in [0.5, 0.6) is 11.5 Å². The molecule has 1 unspecified atom stereocenters. The van der Waals surface area contributed by atoms with Crippen molar-refractivity contribution < 1.29 is 14.3 Å². The second-order valence-corrected chi connectivity index (χ2v) is 10.7. The lowest BCUT2D eigenvalue weighted by atomic mass is 9.90. The number of hydrogen-bond donors (Lipinski definition) is 0. The van der Waals surface area contributed by atoms with E-state index in [1.165, 1.54) is 33.6 Å². The highest BCUT2D eigenvalue weighted by molar-refractivity contribution is 5.79. The lowest BCUT2D eigenvalue weighted by Crippen LogP contribution is -2.47. The fourth-order valence-electron chi connectivity index (χ4n) is 6.15. The quantitative estimate of drug-likeness (QED) is 0.640. The van der Waals surface area contributed by atoms with Crippen LogP contribution in [0.15, 0.2) is 24.3 Å². The summed E-state index contributed by atoms with van der Waals surface area (Å²) in [5.74, 6) is 2.38. The molecule has 0 bridgehead atoms. The van der Waals surface area contributed by atoms with Crippen molar-refractivity contribution in [3.8, 4) is 11.5 Å². The Labute approximate surface area is 209 Å². The second kappa shape index (κ2) is 9.38. The zero-order valence-corrected chi connectivity index (χ0v) is 21.9. The number of carbonyl (C=O) groups is 1. The fourth-order valence-corrected chi connectivity index (χ4v) is 6.15. The molecule has 0 amide bonds. The van der Waals surface area contributed by atoms with Crippen LogP contribution in [0.2, 0.25) is 0 Å². The molecule has 3 aliphatic rings. The number of ketones is 1. The summed E-state index contributed by atoms with van der Waals surface area (Å²) in [7, 11) is 1.71. The molecule has 6 nitrogen and oxygen atoms in total. The monoisotopic (exact) mass is 477 g/mol. The predicted octanol–water partition coefficient (Wildman–Crippen LogP) is 4.31. The number of rotatable bonds is 5. The van der Waals surface area contributed by atoms with Crippen LogP contribution >= 0.6 is 0 Å². The van der Waals surface area contributed by atoms with Crippen molar-refractivity contribution in [2.75, 3.05) is 62.7 Å². The molecule has 0 saturated carbocycles. The summed E-state index contributed by atoms with van der Waals surface area (Å²) in [4.78, 5) is 19.1. The summed E-state index contributed by atoms with van der Waals surface area (Å²) in [5, 5.41) is 0. The van der Waals surface area contributed by atoms with Crippen LogP contribution in [0.25, 0.3) is 0 Å². The Kier molecular flexibility index (Phi) is 6.43. The fraction of sp³-hybridized carbons (Fsp3) is 0.552. The third kappa shape index (κ3) is 4.61. The summed E-state index contributed by atoms with van der Waals surface area (Å²) in [5.41, 5.74) is 7.77. The van der Waals surface area contributed by atoms with Crippen LogP contribution in [-0.2, 0) is 11.2 Å². The minimum atomic E-state index is -0.240. The Morgan fingerprint density at radius 2 is 1.51 bits per heavy atom. The molecule has 1 atom stereocenters. The second-order valence-electron chi connectivity index (χ2n) is 10.7. The van der Waals surface area contributed by atoms with Gasteiger partial charge in [0.25, 0.3) is 0 Å². The molecule has 0 aromatic heterocycles. The number of nitrogens with zero attached hydrogens (tertiary/aromatic N) is 3. The molecule has 3 heterocycles. The third-order valence-electron chi connectivity index (χ3n) is 8.24. The van der Waals surface area contributed by atoms with Crippen LogP contribution in [-0.4, -0.2) is 69.2 Å². The topological polar surface area (TPSA) is 45.2 Å². The van der Waals surface area contributed by atoms with Crippen LogP contribution < -0.4 is 19.3 Å². The van der Waals surface area contributed by atoms with E-state index in [2.05, 4.69) is 54.5 Å². The molecule has 0 radical (unpaired) electrons. The highest BCUT2D eigenvalue weighted by Gasteiger charge is 2.40. The first-order valence-corrected chi connectivity index (χ1v) is 13.0. The number of likely N-dealkylation sites (tertiary alicyclic amines) is 1. The Morgan fingerprint density at radius 3 is 2.14 bits per heavy atom. The van der Waals surface area contributed by atoms with Crippen molar-refractivity contribution in [1.29, 1.82) is 0 Å². The van der Waals surface area contributed by atoms with Gasteiger partial charge in [0.05, 0.1) is 7.11 Å². The molecular formula is C29H39N3O3. The zero-order valence-electron chi connectivity index (χ0n) is 21.9. The molecule has 35 heavy (non-hydrogen) atoms. The van der Waals surface area contributed by atoms with E-state index in [0.29, 0.717) is 18.6 Å². The molecule has 2 saturated heterocycles. The van der Waals surface area contributed by atoms with Gasteiger partial charge in [-0.05, 0) is 68.7 Å². The van der Waals surface area contributed by atoms with Gasteiger partial charge in [-0.2, -0.15) is 0 Å². The maximum absolute atomic E-state index is 11.7. The lowest BCUT2D eigenvalue weighted by molar-refractivity contribution is -0.122. The SMILES string of the molecule is COc1ccc(N2CCN(c3c(C)c(C)c4c(c3C)CC(C)(CN3CCC(=O)CC3)O4)CC2)cc1. The van der Waals surface area contributed by atoms with Gasteiger partial charge in [0.2, 0.25) is 0 Å². The average molecular weight is 478 g/mol. The number of piperidine rings is 1. The van der Waals surface area contributed by atoms with Crippen molar-refractivity contribution in [2.45, 2.75) is 52.6 Å². The first-order valence-electron chi connectivity index (χ1n) is 13.0. The minimum absolute atomic E-state index is 0.240. The van der Waals surface area contributed by atoms with Crippen LogP contribution in [0.3, 0.4) is 0 Å². The third-order valence-corrected chi connectivity index (χ3v) is 8.24. The summed E-state index contributed by atoms with van der Waals surface area (Å²) >= 11 is 0. The molecule has 3 aliphatic heterocycles. The number of fused-ring (bicyclic) bond motifs is 1. The zero-order chi connectivity index (χ0) is 24.7. The van der Waals surface area contributed by atoms with Gasteiger partial charge in [0.1, 0.15) is 22.9 Å². The minimum Gasteiger partial charge on any atom is -0.497 e. The highest BCUT2D eigenvalue weighted by Crippen LogP contribution is 2.46. The maximum Gasteiger partial charge on any atom is 0.135 e. The number of carbonyl (C=O) groups excluding carboxylic acids is 1. The van der Waals surface area contributed by atoms with Crippen molar-refractivity contribution in [3.63, 3.8) is 0 Å². The van der Waals surface area contributed by atoms with E-state index in [1.54, 1.807) is 7.11 Å². The van der Waals surface area contributed by atoms with Crippen LogP contribution in [0, 0.1) is 20.8 Å². The van der Waals surface area contributed by atoms with E-state index >= 15 is 0 Å². The van der Waals surface area contributed by atoms with Gasteiger partial charge in [-0.3, -0.25) is 9.69 Å². The van der Waals surface area contributed by atoms with E-state index in [-0.39, 0.29) is 5.60 Å². The van der Waals surface area contributed by atoms with Crippen molar-refractivity contribution in [3.05, 3.63) is 46.5 Å². The Hall–Kier alpha value is -2.73. The van der Waals surface area contributed by atoms with E-state index in [4.69, 9.17) is 9.47 Å². The number of Topliss-reactive ketones (excluding diaryl/α,β-unsaturated/α-hetero) is 1. The van der Waals surface area contributed by atoms with Gasteiger partial charge in [-0.1, -0.05) is 0 Å². The number of ether oxygens (including phenoxy) is 2. The number of benzene rings is 2. The van der Waals surface area contributed by atoms with Crippen molar-refractivity contribution >= 4 is 17.2 Å².